The molecule has 72 valence electrons. The predicted octanol–water partition coefficient (Wildman–Crippen LogP) is 0.191. The van der Waals surface area contributed by atoms with Crippen molar-refractivity contribution in [3.63, 3.8) is 0 Å². The Morgan fingerprint density at radius 2 is 1.92 bits per heavy atom. The first-order valence-corrected chi connectivity index (χ1v) is 4.87. The van der Waals surface area contributed by atoms with Crippen molar-refractivity contribution < 1.29 is 0 Å². The summed E-state index contributed by atoms with van der Waals surface area (Å²) in [6.45, 7) is 5.88. The fourth-order valence-electron chi connectivity index (χ4n) is 1.48. The van der Waals surface area contributed by atoms with E-state index in [4.69, 9.17) is 0 Å². The van der Waals surface area contributed by atoms with E-state index in [1.807, 2.05) is 0 Å². The summed E-state index contributed by atoms with van der Waals surface area (Å²) in [4.78, 5) is 4.69. The van der Waals surface area contributed by atoms with Crippen LogP contribution in [-0.4, -0.2) is 56.7 Å². The maximum absolute atomic E-state index is 3.44. The number of hydrogen-bond donors (Lipinski definition) is 1. The lowest BCUT2D eigenvalue weighted by atomic mass is 10.4. The van der Waals surface area contributed by atoms with E-state index < -0.39 is 0 Å². The minimum Gasteiger partial charge on any atom is -0.308 e. The topological polar surface area (TPSA) is 18.5 Å². The van der Waals surface area contributed by atoms with Gasteiger partial charge in [0.15, 0.2) is 0 Å². The summed E-state index contributed by atoms with van der Waals surface area (Å²) in [7, 11) is 4.22. The van der Waals surface area contributed by atoms with Crippen molar-refractivity contribution in [1.29, 1.82) is 0 Å². The normalized spacial score (nSPS) is 19.2. The fourth-order valence-corrected chi connectivity index (χ4v) is 1.48. The molecule has 1 fully saturated rings. The van der Waals surface area contributed by atoms with Crippen LogP contribution in [0, 0.1) is 0 Å². The highest BCUT2D eigenvalue weighted by Crippen LogP contribution is 2.04. The molecule has 1 aliphatic heterocycles. The van der Waals surface area contributed by atoms with Gasteiger partial charge in [0.25, 0.3) is 0 Å². The molecule has 1 saturated heterocycles. The van der Waals surface area contributed by atoms with Gasteiger partial charge in [-0.1, -0.05) is 0 Å². The van der Waals surface area contributed by atoms with Crippen molar-refractivity contribution in [3.05, 3.63) is 0 Å². The Kier molecular flexibility index (Phi) is 4.58. The molecule has 0 amide bonds. The second-order valence-electron chi connectivity index (χ2n) is 3.79. The van der Waals surface area contributed by atoms with Crippen molar-refractivity contribution in [3.8, 4) is 0 Å². The van der Waals surface area contributed by atoms with E-state index in [0.717, 1.165) is 19.8 Å². The molecule has 1 heterocycles. The van der Waals surface area contributed by atoms with Crippen LogP contribution in [0.2, 0.25) is 0 Å². The summed E-state index contributed by atoms with van der Waals surface area (Å²) < 4.78 is 0. The molecule has 0 unspecified atom stereocenters. The zero-order valence-corrected chi connectivity index (χ0v) is 8.34. The lowest BCUT2D eigenvalue weighted by Gasteiger charge is -2.16. The van der Waals surface area contributed by atoms with Crippen LogP contribution in [0.4, 0.5) is 0 Å². The second-order valence-corrected chi connectivity index (χ2v) is 3.79. The van der Waals surface area contributed by atoms with Crippen LogP contribution in [0.25, 0.3) is 0 Å². The van der Waals surface area contributed by atoms with E-state index in [0.29, 0.717) is 0 Å². The van der Waals surface area contributed by atoms with Crippen LogP contribution >= 0.6 is 0 Å². The number of hydrogen-bond acceptors (Lipinski definition) is 3. The van der Waals surface area contributed by atoms with Gasteiger partial charge in [-0.15, -0.1) is 0 Å². The predicted molar refractivity (Wildman–Crippen MR) is 52.2 cm³/mol. The molecule has 0 aliphatic carbocycles. The van der Waals surface area contributed by atoms with E-state index >= 15 is 0 Å². The quantitative estimate of drug-likeness (QED) is 0.596. The van der Waals surface area contributed by atoms with E-state index in [1.165, 1.54) is 25.9 Å². The summed E-state index contributed by atoms with van der Waals surface area (Å²) >= 11 is 0. The Labute approximate surface area is 75.7 Å². The first-order chi connectivity index (χ1) is 5.79. The number of nitrogens with zero attached hydrogens (tertiary/aromatic N) is 2. The molecule has 0 radical (unpaired) electrons. The monoisotopic (exact) mass is 171 g/mol. The average Bonchev–Trinajstić information content (AvgIpc) is 2.49. The van der Waals surface area contributed by atoms with Crippen molar-refractivity contribution in [2.24, 2.45) is 0 Å². The Balaban J connectivity index is 1.88. The van der Waals surface area contributed by atoms with Crippen LogP contribution < -0.4 is 5.32 Å². The van der Waals surface area contributed by atoms with Crippen molar-refractivity contribution >= 4 is 0 Å². The van der Waals surface area contributed by atoms with E-state index in [2.05, 4.69) is 29.2 Å². The van der Waals surface area contributed by atoms with Gasteiger partial charge in [-0.05, 0) is 40.0 Å². The average molecular weight is 171 g/mol. The van der Waals surface area contributed by atoms with E-state index in [9.17, 15) is 0 Å². The molecule has 3 nitrogen and oxygen atoms in total. The van der Waals surface area contributed by atoms with Crippen molar-refractivity contribution in [2.75, 3.05) is 46.9 Å². The minimum absolute atomic E-state index is 1.08. The number of likely N-dealkylation sites (tertiary alicyclic amines) is 1. The largest absolute Gasteiger partial charge is 0.308 e. The van der Waals surface area contributed by atoms with Gasteiger partial charge in [0.1, 0.15) is 0 Å². The SMILES string of the molecule is CN(C)CCNCN1CCCC1. The number of nitrogens with one attached hydrogen (secondary N) is 1. The van der Waals surface area contributed by atoms with Gasteiger partial charge in [0.05, 0.1) is 0 Å². The van der Waals surface area contributed by atoms with Crippen LogP contribution in [0.1, 0.15) is 12.8 Å². The summed E-state index contributed by atoms with van der Waals surface area (Å²) in [5.74, 6) is 0. The second kappa shape index (κ2) is 5.51. The van der Waals surface area contributed by atoms with Gasteiger partial charge >= 0.3 is 0 Å². The zero-order valence-electron chi connectivity index (χ0n) is 8.34. The van der Waals surface area contributed by atoms with Gasteiger partial charge in [0.2, 0.25) is 0 Å². The molecule has 0 atom stereocenters. The highest BCUT2D eigenvalue weighted by Gasteiger charge is 2.09. The maximum atomic E-state index is 3.44. The lowest BCUT2D eigenvalue weighted by Crippen LogP contribution is -2.35. The van der Waals surface area contributed by atoms with E-state index in [-0.39, 0.29) is 0 Å². The standard InChI is InChI=1S/C9H21N3/c1-11(2)8-5-10-9-12-6-3-4-7-12/h10H,3-9H2,1-2H3. The van der Waals surface area contributed by atoms with Crippen molar-refractivity contribution in [2.45, 2.75) is 12.8 Å². The molecule has 3 heteroatoms. The molecule has 1 aliphatic rings. The van der Waals surface area contributed by atoms with Gasteiger partial charge in [-0.2, -0.15) is 0 Å². The fraction of sp³-hybridized carbons (Fsp3) is 1.00. The maximum Gasteiger partial charge on any atom is 0.0480 e. The Morgan fingerprint density at radius 3 is 2.50 bits per heavy atom. The number of likely N-dealkylation sites (N-methyl/N-ethyl adjacent to an activating group) is 1. The smallest absolute Gasteiger partial charge is 0.0480 e. The summed E-state index contributed by atoms with van der Waals surface area (Å²) in [6, 6.07) is 0. The number of rotatable bonds is 5. The molecule has 12 heavy (non-hydrogen) atoms. The molecule has 0 bridgehead atoms. The van der Waals surface area contributed by atoms with Crippen LogP contribution in [0.3, 0.4) is 0 Å². The molecule has 1 rings (SSSR count). The summed E-state index contributed by atoms with van der Waals surface area (Å²) in [6.07, 6.45) is 2.77. The summed E-state index contributed by atoms with van der Waals surface area (Å²) in [5, 5.41) is 3.44. The Hall–Kier alpha value is -0.120. The molecule has 0 aromatic rings. The third-order valence-corrected chi connectivity index (χ3v) is 2.27. The zero-order chi connectivity index (χ0) is 8.81. The van der Waals surface area contributed by atoms with Crippen LogP contribution in [0.15, 0.2) is 0 Å². The molecule has 0 spiro atoms. The van der Waals surface area contributed by atoms with Gasteiger partial charge < -0.3 is 10.2 Å². The summed E-state index contributed by atoms with van der Waals surface area (Å²) in [5.41, 5.74) is 0. The molecule has 1 N–H and O–H groups in total. The molecular formula is C9H21N3. The van der Waals surface area contributed by atoms with Crippen LogP contribution in [-0.2, 0) is 0 Å². The molecule has 0 aromatic heterocycles. The third kappa shape index (κ3) is 4.04. The molecule has 0 saturated carbocycles. The molecule has 0 aromatic carbocycles. The highest BCUT2D eigenvalue weighted by molar-refractivity contribution is 4.64. The van der Waals surface area contributed by atoms with Crippen LogP contribution in [0.5, 0.6) is 0 Å². The van der Waals surface area contributed by atoms with Gasteiger partial charge in [0, 0.05) is 19.8 Å². The third-order valence-electron chi connectivity index (χ3n) is 2.27. The van der Waals surface area contributed by atoms with Crippen molar-refractivity contribution in [1.82, 2.24) is 15.1 Å². The Morgan fingerprint density at radius 1 is 1.25 bits per heavy atom. The molecular weight excluding hydrogens is 150 g/mol. The first-order valence-electron chi connectivity index (χ1n) is 4.87. The minimum atomic E-state index is 1.08. The first kappa shape index (κ1) is 9.96. The van der Waals surface area contributed by atoms with E-state index in [1.54, 1.807) is 0 Å². The lowest BCUT2D eigenvalue weighted by molar-refractivity contribution is 0.298. The highest BCUT2D eigenvalue weighted by atomic mass is 15.2. The Bertz CT molecular complexity index is 108. The van der Waals surface area contributed by atoms with Gasteiger partial charge in [-0.25, -0.2) is 0 Å². The van der Waals surface area contributed by atoms with Gasteiger partial charge in [-0.3, -0.25) is 4.90 Å².